The second kappa shape index (κ2) is 8.23. The standard InChI is InChI=1S/C11H14ClF3N2O3/c1-18-5-6-19-3-2-4-20-9-7-8(12)16-10(17-9)11(13,14)15/h7H,2-6H2,1H3. The third-order valence-electron chi connectivity index (χ3n) is 2.04. The third kappa shape index (κ3) is 6.36. The van der Waals surface area contributed by atoms with E-state index >= 15 is 0 Å². The molecule has 0 saturated carbocycles. The Kier molecular flexibility index (Phi) is 6.97. The number of methoxy groups -OCH3 is 1. The van der Waals surface area contributed by atoms with Crippen LogP contribution in [0.1, 0.15) is 12.2 Å². The van der Waals surface area contributed by atoms with Gasteiger partial charge in [-0.25, -0.2) is 4.98 Å². The van der Waals surface area contributed by atoms with Gasteiger partial charge in [-0.2, -0.15) is 18.2 Å². The van der Waals surface area contributed by atoms with Crippen molar-refractivity contribution in [3.8, 4) is 5.88 Å². The van der Waals surface area contributed by atoms with Crippen LogP contribution in [0.25, 0.3) is 0 Å². The lowest BCUT2D eigenvalue weighted by molar-refractivity contribution is -0.145. The van der Waals surface area contributed by atoms with Gasteiger partial charge in [-0.15, -0.1) is 0 Å². The van der Waals surface area contributed by atoms with Crippen LogP contribution in [0.5, 0.6) is 5.88 Å². The predicted octanol–water partition coefficient (Wildman–Crippen LogP) is 2.58. The zero-order valence-corrected chi connectivity index (χ0v) is 11.5. The molecule has 1 aromatic heterocycles. The molecule has 0 aromatic carbocycles. The van der Waals surface area contributed by atoms with Crippen molar-refractivity contribution in [3.05, 3.63) is 17.0 Å². The molecule has 0 aliphatic carbocycles. The van der Waals surface area contributed by atoms with E-state index in [9.17, 15) is 13.2 Å². The summed E-state index contributed by atoms with van der Waals surface area (Å²) in [5, 5.41) is -0.321. The largest absolute Gasteiger partial charge is 0.477 e. The second-order valence-electron chi connectivity index (χ2n) is 3.66. The summed E-state index contributed by atoms with van der Waals surface area (Å²) in [5.74, 6) is -1.54. The summed E-state index contributed by atoms with van der Waals surface area (Å²) in [6.07, 6.45) is -4.15. The van der Waals surface area contributed by atoms with E-state index in [1.165, 1.54) is 0 Å². The zero-order chi connectivity index (χ0) is 15.0. The van der Waals surface area contributed by atoms with Crippen molar-refractivity contribution in [3.63, 3.8) is 0 Å². The van der Waals surface area contributed by atoms with Crippen LogP contribution in [-0.2, 0) is 15.7 Å². The summed E-state index contributed by atoms with van der Waals surface area (Å²) in [5.41, 5.74) is 0. The van der Waals surface area contributed by atoms with Crippen LogP contribution >= 0.6 is 11.6 Å². The molecule has 0 N–H and O–H groups in total. The molecule has 1 aromatic rings. The van der Waals surface area contributed by atoms with Crippen LogP contribution in [0.4, 0.5) is 13.2 Å². The number of ether oxygens (including phenoxy) is 3. The van der Waals surface area contributed by atoms with Gasteiger partial charge < -0.3 is 14.2 Å². The van der Waals surface area contributed by atoms with Crippen LogP contribution in [0.2, 0.25) is 5.15 Å². The highest BCUT2D eigenvalue weighted by atomic mass is 35.5. The van der Waals surface area contributed by atoms with Crippen LogP contribution in [0.3, 0.4) is 0 Å². The number of aromatic nitrogens is 2. The molecule has 0 aliphatic rings. The van der Waals surface area contributed by atoms with Crippen molar-refractivity contribution in [1.29, 1.82) is 0 Å². The molecular weight excluding hydrogens is 301 g/mol. The minimum atomic E-state index is -4.66. The molecule has 0 saturated heterocycles. The van der Waals surface area contributed by atoms with Crippen molar-refractivity contribution >= 4 is 11.6 Å². The van der Waals surface area contributed by atoms with Gasteiger partial charge in [0, 0.05) is 26.2 Å². The molecule has 1 heterocycles. The topological polar surface area (TPSA) is 53.5 Å². The number of halogens is 4. The Morgan fingerprint density at radius 1 is 1.15 bits per heavy atom. The van der Waals surface area contributed by atoms with E-state index in [1.54, 1.807) is 7.11 Å². The lowest BCUT2D eigenvalue weighted by Gasteiger charge is -2.09. The summed E-state index contributed by atoms with van der Waals surface area (Å²) in [4.78, 5) is 6.34. The average Bonchev–Trinajstić information content (AvgIpc) is 2.36. The van der Waals surface area contributed by atoms with Crippen molar-refractivity contribution in [2.45, 2.75) is 12.6 Å². The number of rotatable bonds is 8. The highest BCUT2D eigenvalue weighted by Crippen LogP contribution is 2.28. The van der Waals surface area contributed by atoms with Gasteiger partial charge >= 0.3 is 6.18 Å². The van der Waals surface area contributed by atoms with Gasteiger partial charge in [-0.1, -0.05) is 11.6 Å². The van der Waals surface area contributed by atoms with E-state index in [2.05, 4.69) is 9.97 Å². The Hall–Kier alpha value is -1.12. The zero-order valence-electron chi connectivity index (χ0n) is 10.7. The molecule has 0 spiro atoms. The van der Waals surface area contributed by atoms with Crippen LogP contribution in [0.15, 0.2) is 6.07 Å². The smallest absolute Gasteiger partial charge is 0.451 e. The Labute approximate surface area is 119 Å². The molecule has 114 valence electrons. The Morgan fingerprint density at radius 2 is 1.90 bits per heavy atom. The predicted molar refractivity (Wildman–Crippen MR) is 64.9 cm³/mol. The van der Waals surface area contributed by atoms with Gasteiger partial charge in [0.1, 0.15) is 5.15 Å². The summed E-state index contributed by atoms with van der Waals surface area (Å²) in [6.45, 7) is 1.51. The monoisotopic (exact) mass is 314 g/mol. The molecule has 0 atom stereocenters. The van der Waals surface area contributed by atoms with E-state index in [0.717, 1.165) is 6.07 Å². The molecule has 0 amide bonds. The van der Waals surface area contributed by atoms with E-state index in [0.29, 0.717) is 26.2 Å². The first-order chi connectivity index (χ1) is 9.43. The summed E-state index contributed by atoms with van der Waals surface area (Å²) in [6, 6.07) is 1.13. The number of hydrogen-bond acceptors (Lipinski definition) is 5. The number of alkyl halides is 3. The van der Waals surface area contributed by atoms with E-state index in [-0.39, 0.29) is 17.6 Å². The third-order valence-corrected chi connectivity index (χ3v) is 2.23. The fourth-order valence-corrected chi connectivity index (χ4v) is 1.35. The van der Waals surface area contributed by atoms with Gasteiger partial charge in [0.15, 0.2) is 0 Å². The molecule has 1 rings (SSSR count). The molecule has 0 aliphatic heterocycles. The molecule has 0 radical (unpaired) electrons. The molecule has 0 fully saturated rings. The molecule has 0 unspecified atom stereocenters. The first-order valence-corrected chi connectivity index (χ1v) is 6.12. The van der Waals surface area contributed by atoms with Crippen LogP contribution < -0.4 is 4.74 Å². The van der Waals surface area contributed by atoms with Crippen molar-refractivity contribution in [2.24, 2.45) is 0 Å². The molecule has 0 bridgehead atoms. The Bertz CT molecular complexity index is 418. The van der Waals surface area contributed by atoms with Gasteiger partial charge in [-0.05, 0) is 0 Å². The van der Waals surface area contributed by atoms with Gasteiger partial charge in [0.2, 0.25) is 11.7 Å². The van der Waals surface area contributed by atoms with Crippen LogP contribution in [0, 0.1) is 0 Å². The quantitative estimate of drug-likeness (QED) is 0.545. The second-order valence-corrected chi connectivity index (χ2v) is 4.04. The minimum Gasteiger partial charge on any atom is -0.477 e. The van der Waals surface area contributed by atoms with E-state index < -0.39 is 12.0 Å². The van der Waals surface area contributed by atoms with Gasteiger partial charge in [-0.3, -0.25) is 0 Å². The highest BCUT2D eigenvalue weighted by Gasteiger charge is 2.35. The summed E-state index contributed by atoms with van der Waals surface area (Å²) in [7, 11) is 1.56. The highest BCUT2D eigenvalue weighted by molar-refractivity contribution is 6.29. The average molecular weight is 315 g/mol. The summed E-state index contributed by atoms with van der Waals surface area (Å²) < 4.78 is 52.3. The fraction of sp³-hybridized carbons (Fsp3) is 0.636. The molecule has 5 nitrogen and oxygen atoms in total. The van der Waals surface area contributed by atoms with Gasteiger partial charge in [0.25, 0.3) is 0 Å². The first-order valence-electron chi connectivity index (χ1n) is 5.74. The number of nitrogens with zero attached hydrogens (tertiary/aromatic N) is 2. The SMILES string of the molecule is COCCOCCCOc1cc(Cl)nc(C(F)(F)F)n1. The van der Waals surface area contributed by atoms with Crippen molar-refractivity contribution in [1.82, 2.24) is 9.97 Å². The Morgan fingerprint density at radius 3 is 2.55 bits per heavy atom. The van der Waals surface area contributed by atoms with Crippen molar-refractivity contribution < 1.29 is 27.4 Å². The molecular formula is C11H14ClF3N2O3. The van der Waals surface area contributed by atoms with E-state index in [4.69, 9.17) is 25.8 Å². The molecule has 20 heavy (non-hydrogen) atoms. The maximum Gasteiger partial charge on any atom is 0.451 e. The Balaban J connectivity index is 2.39. The lowest BCUT2D eigenvalue weighted by atomic mass is 10.5. The maximum absolute atomic E-state index is 12.4. The molecule has 9 heteroatoms. The normalized spacial score (nSPS) is 11.7. The fourth-order valence-electron chi connectivity index (χ4n) is 1.18. The number of hydrogen-bond donors (Lipinski definition) is 0. The van der Waals surface area contributed by atoms with Crippen LogP contribution in [-0.4, -0.2) is 43.5 Å². The summed E-state index contributed by atoms with van der Waals surface area (Å²) >= 11 is 5.48. The van der Waals surface area contributed by atoms with Crippen molar-refractivity contribution in [2.75, 3.05) is 33.5 Å². The maximum atomic E-state index is 12.4. The lowest BCUT2D eigenvalue weighted by Crippen LogP contribution is -2.13. The minimum absolute atomic E-state index is 0.164. The van der Waals surface area contributed by atoms with E-state index in [1.807, 2.05) is 0 Å². The first kappa shape index (κ1) is 16.9. The van der Waals surface area contributed by atoms with Gasteiger partial charge in [0.05, 0.1) is 19.8 Å².